The minimum absolute atomic E-state index is 0.177. The molecule has 1 aliphatic heterocycles. The number of nitrogens with zero attached hydrogens (tertiary/aromatic N) is 2. The molecule has 162 valence electrons. The summed E-state index contributed by atoms with van der Waals surface area (Å²) in [7, 11) is 0. The molecule has 4 rings (SSSR count). The van der Waals surface area contributed by atoms with Gasteiger partial charge in [0, 0.05) is 11.8 Å². The molecule has 0 bridgehead atoms. The molecule has 3 amide bonds. The van der Waals surface area contributed by atoms with Crippen LogP contribution in [0.5, 0.6) is 0 Å². The van der Waals surface area contributed by atoms with Crippen molar-refractivity contribution in [3.05, 3.63) is 48.7 Å². The normalized spacial score (nSPS) is 21.6. The fraction of sp³-hybridized carbons (Fsp3) is 0.417. The summed E-state index contributed by atoms with van der Waals surface area (Å²) < 4.78 is 0. The summed E-state index contributed by atoms with van der Waals surface area (Å²) in [5, 5.41) is 2.82. The van der Waals surface area contributed by atoms with Crippen LogP contribution in [0.4, 0.5) is 5.82 Å². The number of carbonyl (C=O) groups excluding carboxylic acids is 3. The molecule has 2 heterocycles. The van der Waals surface area contributed by atoms with Crippen molar-refractivity contribution in [3.8, 4) is 11.1 Å². The molecule has 7 heteroatoms. The Morgan fingerprint density at radius 1 is 1.06 bits per heavy atom. The van der Waals surface area contributed by atoms with E-state index in [0.717, 1.165) is 36.8 Å². The molecule has 31 heavy (non-hydrogen) atoms. The van der Waals surface area contributed by atoms with Crippen molar-refractivity contribution in [1.29, 1.82) is 0 Å². The number of carbonyl (C=O) groups is 3. The van der Waals surface area contributed by atoms with Gasteiger partial charge in [0.15, 0.2) is 0 Å². The zero-order valence-corrected chi connectivity index (χ0v) is 18.4. The fourth-order valence-electron chi connectivity index (χ4n) is 4.58. The summed E-state index contributed by atoms with van der Waals surface area (Å²) in [4.78, 5) is 44.8. The highest BCUT2D eigenvalue weighted by atomic mass is 32.2. The average molecular weight is 438 g/mol. The van der Waals surface area contributed by atoms with Crippen molar-refractivity contribution in [1.82, 2.24) is 9.88 Å². The molecule has 1 aromatic heterocycles. The standard InChI is InChI=1S/C24H27N3O3S/c1-31-14-13-20(27-23(29)18-9-5-6-10-19(18)24(27)30)22(28)26-21-12-11-17(15-25-21)16-7-3-2-4-8-16/h2-4,7-8,11-12,15,18-20H,5-6,9-10,13-14H2,1H3,(H,25,26,28). The summed E-state index contributed by atoms with van der Waals surface area (Å²) in [6.07, 6.45) is 7.51. The lowest BCUT2D eigenvalue weighted by atomic mass is 9.81. The lowest BCUT2D eigenvalue weighted by molar-refractivity contribution is -0.146. The van der Waals surface area contributed by atoms with Crippen LogP contribution in [0.15, 0.2) is 48.7 Å². The highest BCUT2D eigenvalue weighted by Gasteiger charge is 2.51. The first-order valence-corrected chi connectivity index (χ1v) is 12.2. The zero-order chi connectivity index (χ0) is 21.8. The Labute approximate surface area is 186 Å². The number of likely N-dealkylation sites (tertiary alicyclic amines) is 1. The molecule has 1 aromatic carbocycles. The van der Waals surface area contributed by atoms with Crippen LogP contribution in [-0.4, -0.2) is 45.7 Å². The number of benzene rings is 1. The number of hydrogen-bond acceptors (Lipinski definition) is 5. The second kappa shape index (κ2) is 9.64. The predicted molar refractivity (Wildman–Crippen MR) is 122 cm³/mol. The van der Waals surface area contributed by atoms with E-state index in [9.17, 15) is 14.4 Å². The minimum Gasteiger partial charge on any atom is -0.309 e. The van der Waals surface area contributed by atoms with E-state index in [1.807, 2.05) is 42.7 Å². The van der Waals surface area contributed by atoms with E-state index >= 15 is 0 Å². The van der Waals surface area contributed by atoms with Gasteiger partial charge in [-0.25, -0.2) is 4.98 Å². The number of anilines is 1. The average Bonchev–Trinajstić information content (AvgIpc) is 3.06. The third-order valence-electron chi connectivity index (χ3n) is 6.21. The second-order valence-corrected chi connectivity index (χ2v) is 9.11. The SMILES string of the molecule is CSCCC(C(=O)Nc1ccc(-c2ccccc2)cn1)N1C(=O)C2CCCCC2C1=O. The molecule has 6 nitrogen and oxygen atoms in total. The van der Waals surface area contributed by atoms with E-state index in [4.69, 9.17) is 0 Å². The quantitative estimate of drug-likeness (QED) is 0.663. The smallest absolute Gasteiger partial charge is 0.248 e. The van der Waals surface area contributed by atoms with Crippen molar-refractivity contribution in [2.45, 2.75) is 38.1 Å². The molecular weight excluding hydrogens is 410 g/mol. The summed E-state index contributed by atoms with van der Waals surface area (Å²) in [6.45, 7) is 0. The molecule has 2 aromatic rings. The van der Waals surface area contributed by atoms with Crippen LogP contribution < -0.4 is 5.32 Å². The molecular formula is C24H27N3O3S. The summed E-state index contributed by atoms with van der Waals surface area (Å²) in [5.74, 6) is -0.121. The van der Waals surface area contributed by atoms with Gasteiger partial charge in [0.2, 0.25) is 17.7 Å². The summed E-state index contributed by atoms with van der Waals surface area (Å²) in [5.41, 5.74) is 1.99. The van der Waals surface area contributed by atoms with Crippen LogP contribution in [0.25, 0.3) is 11.1 Å². The molecule has 2 aliphatic rings. The Bertz CT molecular complexity index is 924. The molecule has 0 radical (unpaired) electrons. The van der Waals surface area contributed by atoms with Gasteiger partial charge in [-0.15, -0.1) is 0 Å². The maximum Gasteiger partial charge on any atom is 0.248 e. The van der Waals surface area contributed by atoms with Crippen LogP contribution >= 0.6 is 11.8 Å². The minimum atomic E-state index is -0.798. The lowest BCUT2D eigenvalue weighted by Gasteiger charge is -2.25. The number of pyridine rings is 1. The number of thioether (sulfide) groups is 1. The largest absolute Gasteiger partial charge is 0.309 e. The van der Waals surface area contributed by atoms with E-state index in [1.165, 1.54) is 4.90 Å². The van der Waals surface area contributed by atoms with Gasteiger partial charge in [0.1, 0.15) is 11.9 Å². The van der Waals surface area contributed by atoms with Crippen LogP contribution in [0.1, 0.15) is 32.1 Å². The molecule has 1 aliphatic carbocycles. The monoisotopic (exact) mass is 437 g/mol. The topological polar surface area (TPSA) is 79.4 Å². The van der Waals surface area contributed by atoms with Gasteiger partial charge in [-0.05, 0) is 49.0 Å². The Hall–Kier alpha value is -2.67. The van der Waals surface area contributed by atoms with Gasteiger partial charge in [-0.3, -0.25) is 19.3 Å². The van der Waals surface area contributed by atoms with E-state index in [0.29, 0.717) is 18.0 Å². The molecule has 3 unspecified atom stereocenters. The molecule has 0 spiro atoms. The maximum absolute atomic E-state index is 13.2. The van der Waals surface area contributed by atoms with Crippen LogP contribution in [0.3, 0.4) is 0 Å². The first-order valence-electron chi connectivity index (χ1n) is 10.8. The van der Waals surface area contributed by atoms with Crippen molar-refractivity contribution in [2.24, 2.45) is 11.8 Å². The highest BCUT2D eigenvalue weighted by molar-refractivity contribution is 7.98. The van der Waals surface area contributed by atoms with Gasteiger partial charge >= 0.3 is 0 Å². The Balaban J connectivity index is 1.51. The summed E-state index contributed by atoms with van der Waals surface area (Å²) in [6, 6.07) is 12.7. The van der Waals surface area contributed by atoms with E-state index in [-0.39, 0.29) is 29.6 Å². The van der Waals surface area contributed by atoms with Crippen LogP contribution in [0.2, 0.25) is 0 Å². The van der Waals surface area contributed by atoms with E-state index in [1.54, 1.807) is 24.0 Å². The van der Waals surface area contributed by atoms with Gasteiger partial charge in [-0.2, -0.15) is 11.8 Å². The number of aromatic nitrogens is 1. The molecule has 1 saturated carbocycles. The first-order chi connectivity index (χ1) is 15.1. The molecule has 1 saturated heterocycles. The van der Waals surface area contributed by atoms with Crippen molar-refractivity contribution in [2.75, 3.05) is 17.3 Å². The Morgan fingerprint density at radius 3 is 2.32 bits per heavy atom. The third kappa shape index (κ3) is 4.51. The fourth-order valence-corrected chi connectivity index (χ4v) is 5.04. The Kier molecular flexibility index (Phi) is 6.70. The van der Waals surface area contributed by atoms with Gasteiger partial charge < -0.3 is 5.32 Å². The molecule has 3 atom stereocenters. The number of nitrogens with one attached hydrogen (secondary N) is 1. The highest BCUT2D eigenvalue weighted by Crippen LogP contribution is 2.39. The van der Waals surface area contributed by atoms with Crippen molar-refractivity contribution in [3.63, 3.8) is 0 Å². The van der Waals surface area contributed by atoms with Crippen molar-refractivity contribution < 1.29 is 14.4 Å². The zero-order valence-electron chi connectivity index (χ0n) is 17.6. The number of amides is 3. The van der Waals surface area contributed by atoms with Gasteiger partial charge in [0.25, 0.3) is 0 Å². The van der Waals surface area contributed by atoms with Crippen LogP contribution in [0, 0.1) is 11.8 Å². The van der Waals surface area contributed by atoms with Crippen molar-refractivity contribution >= 4 is 35.3 Å². The van der Waals surface area contributed by atoms with Gasteiger partial charge in [0.05, 0.1) is 11.8 Å². The van der Waals surface area contributed by atoms with E-state index in [2.05, 4.69) is 10.3 Å². The second-order valence-electron chi connectivity index (χ2n) is 8.13. The maximum atomic E-state index is 13.2. The number of fused-ring (bicyclic) bond motifs is 1. The molecule has 1 N–H and O–H groups in total. The number of hydrogen-bond donors (Lipinski definition) is 1. The van der Waals surface area contributed by atoms with Gasteiger partial charge in [-0.1, -0.05) is 43.2 Å². The first kappa shape index (κ1) is 21.6. The predicted octanol–water partition coefficient (Wildman–Crippen LogP) is 3.98. The molecule has 2 fully saturated rings. The van der Waals surface area contributed by atoms with E-state index < -0.39 is 6.04 Å². The number of imide groups is 1. The Morgan fingerprint density at radius 2 is 1.74 bits per heavy atom. The third-order valence-corrected chi connectivity index (χ3v) is 6.85. The van der Waals surface area contributed by atoms with Crippen LogP contribution in [-0.2, 0) is 14.4 Å². The lowest BCUT2D eigenvalue weighted by Crippen LogP contribution is -2.48. The number of rotatable bonds is 7. The summed E-state index contributed by atoms with van der Waals surface area (Å²) >= 11 is 1.60.